The molecule has 2 aromatic rings. The Bertz CT molecular complexity index is 967. The van der Waals surface area contributed by atoms with E-state index in [4.69, 9.17) is 10.5 Å². The minimum absolute atomic E-state index is 0.0541. The fourth-order valence-electron chi connectivity index (χ4n) is 3.64. The number of phenolic OH excluding ortho intramolecular Hbond substituents is 1. The molecule has 0 aliphatic carbocycles. The van der Waals surface area contributed by atoms with E-state index in [1.807, 2.05) is 6.07 Å². The standard InChI is InChI=1S/C26H34N2O5/c1-3-4-5-6-7-8-21(30)14-22(31)12-20(17-29)23-15-25(33-2)24(32)13-19(23)11-18-9-10-26(27)28-16-18/h9-10,12-13,15-16,29,32H,3-8,11,14,17H2,1-2H3,(H2,27,28). The SMILES string of the molecule is CCCCCCCC(=O)CC(=O)C=C(CO)c1cc(OC)c(O)cc1Cc1ccc(N)nc1. The molecule has 33 heavy (non-hydrogen) atoms. The van der Waals surface area contributed by atoms with Crippen molar-refractivity contribution in [3.8, 4) is 11.5 Å². The van der Waals surface area contributed by atoms with Crippen LogP contribution in [0.1, 0.15) is 68.6 Å². The van der Waals surface area contributed by atoms with Gasteiger partial charge < -0.3 is 20.7 Å². The summed E-state index contributed by atoms with van der Waals surface area (Å²) < 4.78 is 5.22. The van der Waals surface area contributed by atoms with Crippen LogP contribution in [0.4, 0.5) is 5.82 Å². The van der Waals surface area contributed by atoms with Gasteiger partial charge in [0.25, 0.3) is 0 Å². The number of methoxy groups -OCH3 is 1. The molecule has 0 amide bonds. The van der Waals surface area contributed by atoms with Crippen LogP contribution in [0, 0.1) is 0 Å². The molecule has 0 saturated carbocycles. The normalized spacial score (nSPS) is 11.4. The number of unbranched alkanes of at least 4 members (excludes halogenated alkanes) is 4. The van der Waals surface area contributed by atoms with Crippen molar-refractivity contribution in [3.05, 3.63) is 53.2 Å². The van der Waals surface area contributed by atoms with Crippen molar-refractivity contribution in [2.75, 3.05) is 19.5 Å². The molecule has 7 nitrogen and oxygen atoms in total. The average molecular weight is 455 g/mol. The molecule has 0 aliphatic heterocycles. The Balaban J connectivity index is 2.21. The highest BCUT2D eigenvalue weighted by atomic mass is 16.5. The fourth-order valence-corrected chi connectivity index (χ4v) is 3.64. The van der Waals surface area contributed by atoms with Gasteiger partial charge in [-0.1, -0.05) is 38.7 Å². The quantitative estimate of drug-likeness (QED) is 0.222. The molecule has 7 heteroatoms. The number of benzene rings is 1. The number of aliphatic hydroxyl groups is 1. The molecule has 2 rings (SSSR count). The third kappa shape index (κ3) is 8.35. The molecule has 178 valence electrons. The van der Waals surface area contributed by atoms with E-state index < -0.39 is 6.61 Å². The smallest absolute Gasteiger partial charge is 0.163 e. The predicted octanol–water partition coefficient (Wildman–Crippen LogP) is 4.23. The summed E-state index contributed by atoms with van der Waals surface area (Å²) in [5, 5.41) is 20.3. The number of carbonyl (C=O) groups is 2. The summed E-state index contributed by atoms with van der Waals surface area (Å²) in [5.41, 5.74) is 8.09. The number of carbonyl (C=O) groups excluding carboxylic acids is 2. The van der Waals surface area contributed by atoms with Gasteiger partial charge in [0, 0.05) is 12.6 Å². The predicted molar refractivity (Wildman–Crippen MR) is 129 cm³/mol. The van der Waals surface area contributed by atoms with Crippen molar-refractivity contribution in [1.82, 2.24) is 4.98 Å². The third-order valence-electron chi connectivity index (χ3n) is 5.43. The molecular weight excluding hydrogens is 420 g/mol. The molecule has 1 aromatic carbocycles. The number of ether oxygens (including phenoxy) is 1. The monoisotopic (exact) mass is 454 g/mol. The average Bonchev–Trinajstić information content (AvgIpc) is 2.79. The first kappa shape index (κ1) is 26.1. The van der Waals surface area contributed by atoms with Crippen molar-refractivity contribution in [2.45, 2.75) is 58.3 Å². The molecule has 0 fully saturated rings. The van der Waals surface area contributed by atoms with Gasteiger partial charge in [0.05, 0.1) is 20.1 Å². The molecule has 0 atom stereocenters. The molecule has 0 radical (unpaired) electrons. The molecule has 0 bridgehead atoms. The van der Waals surface area contributed by atoms with Crippen LogP contribution in [0.5, 0.6) is 11.5 Å². The highest BCUT2D eigenvalue weighted by molar-refractivity contribution is 6.07. The maximum absolute atomic E-state index is 12.5. The van der Waals surface area contributed by atoms with Gasteiger partial charge in [0.2, 0.25) is 0 Å². The van der Waals surface area contributed by atoms with Gasteiger partial charge in [0.1, 0.15) is 11.6 Å². The number of allylic oxidation sites excluding steroid dienone is 1. The van der Waals surface area contributed by atoms with Crippen LogP contribution >= 0.6 is 0 Å². The Kier molecular flexibility index (Phi) is 10.6. The van der Waals surface area contributed by atoms with Crippen LogP contribution in [0.2, 0.25) is 0 Å². The Morgan fingerprint density at radius 3 is 2.55 bits per heavy atom. The maximum Gasteiger partial charge on any atom is 0.163 e. The van der Waals surface area contributed by atoms with E-state index in [1.54, 1.807) is 24.4 Å². The molecule has 0 unspecified atom stereocenters. The van der Waals surface area contributed by atoms with Gasteiger partial charge in [-0.2, -0.15) is 0 Å². The zero-order valence-electron chi connectivity index (χ0n) is 19.5. The Labute approximate surface area is 195 Å². The van der Waals surface area contributed by atoms with E-state index in [0.717, 1.165) is 37.7 Å². The molecule has 4 N–H and O–H groups in total. The lowest BCUT2D eigenvalue weighted by Gasteiger charge is -2.15. The van der Waals surface area contributed by atoms with Crippen LogP contribution in [-0.2, 0) is 16.0 Å². The molecular formula is C26H34N2O5. The third-order valence-corrected chi connectivity index (χ3v) is 5.43. The van der Waals surface area contributed by atoms with Crippen LogP contribution in [-0.4, -0.2) is 40.5 Å². The van der Waals surface area contributed by atoms with Gasteiger partial charge in [0.15, 0.2) is 17.3 Å². The number of rotatable bonds is 14. The summed E-state index contributed by atoms with van der Waals surface area (Å²) in [4.78, 5) is 28.8. The Hall–Kier alpha value is -3.19. The minimum Gasteiger partial charge on any atom is -0.504 e. The Morgan fingerprint density at radius 1 is 1.15 bits per heavy atom. The number of Topliss-reactive ketones (excluding diaryl/α,β-unsaturated/α-hetero) is 1. The number of ketones is 2. The number of nitrogen functional groups attached to an aromatic ring is 1. The van der Waals surface area contributed by atoms with E-state index in [1.165, 1.54) is 13.2 Å². The van der Waals surface area contributed by atoms with Gasteiger partial charge in [-0.05, 0) is 59.4 Å². The lowest BCUT2D eigenvalue weighted by molar-refractivity contribution is -0.124. The number of aliphatic hydroxyl groups excluding tert-OH is 1. The molecule has 0 aliphatic rings. The highest BCUT2D eigenvalue weighted by Crippen LogP contribution is 2.34. The molecule has 1 heterocycles. The number of nitrogens with two attached hydrogens (primary N) is 1. The van der Waals surface area contributed by atoms with Crippen molar-refractivity contribution < 1.29 is 24.5 Å². The molecule has 0 saturated heterocycles. The van der Waals surface area contributed by atoms with E-state index in [0.29, 0.717) is 35.4 Å². The lowest BCUT2D eigenvalue weighted by Crippen LogP contribution is -2.08. The first-order chi connectivity index (χ1) is 15.9. The second-order valence-electron chi connectivity index (χ2n) is 8.12. The van der Waals surface area contributed by atoms with E-state index in [-0.39, 0.29) is 29.5 Å². The number of hydrogen-bond donors (Lipinski definition) is 3. The first-order valence-electron chi connectivity index (χ1n) is 11.3. The zero-order valence-corrected chi connectivity index (χ0v) is 19.5. The molecule has 0 spiro atoms. The lowest BCUT2D eigenvalue weighted by atomic mass is 9.93. The summed E-state index contributed by atoms with van der Waals surface area (Å²) in [6, 6.07) is 6.62. The van der Waals surface area contributed by atoms with Crippen LogP contribution < -0.4 is 10.5 Å². The van der Waals surface area contributed by atoms with Crippen molar-refractivity contribution in [1.29, 1.82) is 0 Å². The van der Waals surface area contributed by atoms with Crippen LogP contribution in [0.3, 0.4) is 0 Å². The van der Waals surface area contributed by atoms with Crippen LogP contribution in [0.15, 0.2) is 36.5 Å². The van der Waals surface area contributed by atoms with Gasteiger partial charge in [-0.3, -0.25) is 9.59 Å². The number of aromatic nitrogens is 1. The second kappa shape index (κ2) is 13.4. The fraction of sp³-hybridized carbons (Fsp3) is 0.423. The summed E-state index contributed by atoms with van der Waals surface area (Å²) in [6.45, 7) is 1.73. The van der Waals surface area contributed by atoms with Gasteiger partial charge >= 0.3 is 0 Å². The highest BCUT2D eigenvalue weighted by Gasteiger charge is 2.16. The van der Waals surface area contributed by atoms with Crippen molar-refractivity contribution in [2.24, 2.45) is 0 Å². The summed E-state index contributed by atoms with van der Waals surface area (Å²) in [5.74, 6) is 0.111. The number of aromatic hydroxyl groups is 1. The van der Waals surface area contributed by atoms with E-state index in [2.05, 4.69) is 11.9 Å². The second-order valence-corrected chi connectivity index (χ2v) is 8.12. The minimum atomic E-state index is -0.405. The van der Waals surface area contributed by atoms with Crippen LogP contribution in [0.25, 0.3) is 5.57 Å². The first-order valence-corrected chi connectivity index (χ1v) is 11.3. The Morgan fingerprint density at radius 2 is 1.91 bits per heavy atom. The number of nitrogens with zero attached hydrogens (tertiary/aromatic N) is 1. The summed E-state index contributed by atoms with van der Waals surface area (Å²) in [7, 11) is 1.43. The number of pyridine rings is 1. The van der Waals surface area contributed by atoms with Crippen molar-refractivity contribution >= 4 is 23.0 Å². The maximum atomic E-state index is 12.5. The number of hydrogen-bond acceptors (Lipinski definition) is 7. The number of phenols is 1. The summed E-state index contributed by atoms with van der Waals surface area (Å²) in [6.07, 6.45) is 8.70. The zero-order chi connectivity index (χ0) is 24.2. The van der Waals surface area contributed by atoms with Gasteiger partial charge in [-0.15, -0.1) is 0 Å². The van der Waals surface area contributed by atoms with E-state index >= 15 is 0 Å². The molecule has 1 aromatic heterocycles. The van der Waals surface area contributed by atoms with Crippen molar-refractivity contribution in [3.63, 3.8) is 0 Å². The number of anilines is 1. The summed E-state index contributed by atoms with van der Waals surface area (Å²) >= 11 is 0. The van der Waals surface area contributed by atoms with Gasteiger partial charge in [-0.25, -0.2) is 4.98 Å². The largest absolute Gasteiger partial charge is 0.504 e. The topological polar surface area (TPSA) is 123 Å². The van der Waals surface area contributed by atoms with E-state index in [9.17, 15) is 19.8 Å².